The second kappa shape index (κ2) is 9.80. The molecule has 1 N–H and O–H groups in total. The van der Waals surface area contributed by atoms with Crippen LogP contribution in [0.1, 0.15) is 35.3 Å². The van der Waals surface area contributed by atoms with Crippen LogP contribution in [0.2, 0.25) is 0 Å². The minimum atomic E-state index is -4.56. The van der Waals surface area contributed by atoms with Gasteiger partial charge in [0.25, 0.3) is 5.91 Å². The van der Waals surface area contributed by atoms with Crippen LogP contribution in [0, 0.1) is 12.7 Å². The lowest BCUT2D eigenvalue weighted by Crippen LogP contribution is -2.15. The number of carbonyl (C=O) groups excluding carboxylic acids is 1. The van der Waals surface area contributed by atoms with Crippen molar-refractivity contribution in [1.29, 1.82) is 0 Å². The number of anilines is 1. The first-order valence-corrected chi connectivity index (χ1v) is 11.0. The van der Waals surface area contributed by atoms with Crippen molar-refractivity contribution in [3.63, 3.8) is 0 Å². The number of aromatic nitrogens is 3. The maximum absolute atomic E-state index is 13.8. The van der Waals surface area contributed by atoms with E-state index in [0.29, 0.717) is 22.8 Å². The first kappa shape index (κ1) is 24.9. The molecule has 0 radical (unpaired) electrons. The molecule has 6 nitrogen and oxygen atoms in total. The highest BCUT2D eigenvalue weighted by atomic mass is 19.4. The van der Waals surface area contributed by atoms with Crippen LogP contribution < -0.4 is 10.1 Å². The van der Waals surface area contributed by atoms with E-state index in [1.807, 2.05) is 13.8 Å². The molecule has 3 aromatic carbocycles. The SMILES string of the molecule is Cc1ccc(C(=O)Nc2ccc(-n3nc(OC(C)C)nc3-c3cccc(F)c3)cc2)cc1C(F)(F)F. The van der Waals surface area contributed by atoms with Crippen molar-refractivity contribution >= 4 is 11.6 Å². The van der Waals surface area contributed by atoms with Crippen LogP contribution in [0.3, 0.4) is 0 Å². The maximum atomic E-state index is 13.8. The summed E-state index contributed by atoms with van der Waals surface area (Å²) < 4.78 is 60.5. The molecule has 4 aromatic rings. The largest absolute Gasteiger partial charge is 0.460 e. The lowest BCUT2D eigenvalue weighted by molar-refractivity contribution is -0.138. The van der Waals surface area contributed by atoms with E-state index in [-0.39, 0.29) is 23.2 Å². The Morgan fingerprint density at radius 3 is 2.39 bits per heavy atom. The molecule has 10 heteroatoms. The standard InChI is InChI=1S/C26H22F4N4O2/c1-15(2)36-25-32-23(17-5-4-6-19(27)13-17)34(33-25)21-11-9-20(10-12-21)31-24(35)18-8-7-16(3)22(14-18)26(28,29)30/h4-15H,1-3H3,(H,31,35). The van der Waals surface area contributed by atoms with Crippen molar-refractivity contribution in [2.75, 3.05) is 5.32 Å². The molecule has 0 bridgehead atoms. The van der Waals surface area contributed by atoms with Crippen LogP contribution in [0.25, 0.3) is 17.1 Å². The van der Waals surface area contributed by atoms with Gasteiger partial charge >= 0.3 is 12.2 Å². The molecule has 1 heterocycles. The zero-order valence-corrected chi connectivity index (χ0v) is 19.6. The number of hydrogen-bond donors (Lipinski definition) is 1. The fourth-order valence-electron chi connectivity index (χ4n) is 3.51. The molecule has 186 valence electrons. The number of alkyl halides is 3. The Kier molecular flexibility index (Phi) is 6.78. The topological polar surface area (TPSA) is 69.0 Å². The first-order chi connectivity index (χ1) is 17.0. The summed E-state index contributed by atoms with van der Waals surface area (Å²) in [5.41, 5.74) is 0.458. The number of hydrogen-bond acceptors (Lipinski definition) is 4. The van der Waals surface area contributed by atoms with E-state index >= 15 is 0 Å². The van der Waals surface area contributed by atoms with Crippen molar-refractivity contribution in [1.82, 2.24) is 14.8 Å². The van der Waals surface area contributed by atoms with Crippen LogP contribution in [0.4, 0.5) is 23.2 Å². The van der Waals surface area contributed by atoms with Crippen molar-refractivity contribution in [3.05, 3.63) is 89.2 Å². The number of nitrogens with one attached hydrogen (secondary N) is 1. The van der Waals surface area contributed by atoms with Crippen LogP contribution in [0.5, 0.6) is 6.01 Å². The Morgan fingerprint density at radius 2 is 1.75 bits per heavy atom. The van der Waals surface area contributed by atoms with Crippen molar-refractivity contribution in [3.8, 4) is 23.1 Å². The second-order valence-electron chi connectivity index (χ2n) is 8.34. The van der Waals surface area contributed by atoms with Gasteiger partial charge in [-0.3, -0.25) is 4.79 Å². The smallest absolute Gasteiger partial charge is 0.416 e. The summed E-state index contributed by atoms with van der Waals surface area (Å²) in [4.78, 5) is 17.0. The third-order valence-corrected chi connectivity index (χ3v) is 5.19. The minimum Gasteiger partial charge on any atom is -0.460 e. The quantitative estimate of drug-likeness (QED) is 0.311. The van der Waals surface area contributed by atoms with E-state index in [9.17, 15) is 22.4 Å². The zero-order chi connectivity index (χ0) is 26.0. The minimum absolute atomic E-state index is 0.0335. The van der Waals surface area contributed by atoms with E-state index < -0.39 is 23.5 Å². The van der Waals surface area contributed by atoms with E-state index in [1.54, 1.807) is 36.4 Å². The molecule has 0 saturated heterocycles. The number of ether oxygens (including phenoxy) is 1. The van der Waals surface area contributed by atoms with Gasteiger partial charge in [0.05, 0.1) is 17.4 Å². The lowest BCUT2D eigenvalue weighted by Gasteiger charge is -2.12. The second-order valence-corrected chi connectivity index (χ2v) is 8.34. The summed E-state index contributed by atoms with van der Waals surface area (Å²) in [5, 5.41) is 6.97. The van der Waals surface area contributed by atoms with E-state index in [4.69, 9.17) is 4.74 Å². The molecule has 0 aliphatic heterocycles. The summed E-state index contributed by atoms with van der Waals surface area (Å²) in [6.45, 7) is 4.99. The van der Waals surface area contributed by atoms with Crippen LogP contribution in [0.15, 0.2) is 66.7 Å². The molecule has 0 atom stereocenters. The average molecular weight is 498 g/mol. The van der Waals surface area contributed by atoms with Gasteiger partial charge in [0, 0.05) is 16.8 Å². The number of aryl methyl sites for hydroxylation is 1. The first-order valence-electron chi connectivity index (χ1n) is 11.0. The highest BCUT2D eigenvalue weighted by Crippen LogP contribution is 2.32. The van der Waals surface area contributed by atoms with Gasteiger partial charge in [-0.15, -0.1) is 5.10 Å². The number of carbonyl (C=O) groups is 1. The molecule has 0 aliphatic carbocycles. The number of benzene rings is 3. The molecule has 4 rings (SSSR count). The average Bonchev–Trinajstić information content (AvgIpc) is 3.22. The highest BCUT2D eigenvalue weighted by Gasteiger charge is 2.33. The van der Waals surface area contributed by atoms with Crippen LogP contribution in [-0.2, 0) is 6.18 Å². The number of amides is 1. The molecule has 1 aromatic heterocycles. The molecule has 1 amide bonds. The van der Waals surface area contributed by atoms with Crippen LogP contribution in [-0.4, -0.2) is 26.8 Å². The highest BCUT2D eigenvalue weighted by molar-refractivity contribution is 6.04. The fourth-order valence-corrected chi connectivity index (χ4v) is 3.51. The monoisotopic (exact) mass is 498 g/mol. The molecule has 0 spiro atoms. The van der Waals surface area contributed by atoms with E-state index in [0.717, 1.165) is 6.07 Å². The summed E-state index contributed by atoms with van der Waals surface area (Å²) in [6.07, 6.45) is -4.74. The summed E-state index contributed by atoms with van der Waals surface area (Å²) >= 11 is 0. The summed E-state index contributed by atoms with van der Waals surface area (Å²) in [6, 6.07) is 15.9. The Hall–Kier alpha value is -4.21. The molecule has 0 unspecified atom stereocenters. The molecule has 0 saturated carbocycles. The zero-order valence-electron chi connectivity index (χ0n) is 19.6. The van der Waals surface area contributed by atoms with E-state index in [2.05, 4.69) is 15.4 Å². The third-order valence-electron chi connectivity index (χ3n) is 5.19. The molecule has 36 heavy (non-hydrogen) atoms. The van der Waals surface area contributed by atoms with Gasteiger partial charge in [0.2, 0.25) is 0 Å². The normalized spacial score (nSPS) is 11.6. The Labute approximate surface area is 204 Å². The Morgan fingerprint density at radius 1 is 1.03 bits per heavy atom. The van der Waals surface area contributed by atoms with E-state index in [1.165, 1.54) is 35.9 Å². The molecule has 0 aliphatic rings. The van der Waals surface area contributed by atoms with Gasteiger partial charge < -0.3 is 10.1 Å². The van der Waals surface area contributed by atoms with Gasteiger partial charge in [-0.2, -0.15) is 18.2 Å². The van der Waals surface area contributed by atoms with Crippen LogP contribution >= 0.6 is 0 Å². The summed E-state index contributed by atoms with van der Waals surface area (Å²) in [5.74, 6) is -0.764. The van der Waals surface area contributed by atoms with Crippen molar-refractivity contribution < 1.29 is 27.1 Å². The Balaban J connectivity index is 1.61. The number of halogens is 4. The maximum Gasteiger partial charge on any atom is 0.416 e. The van der Waals surface area contributed by atoms with Gasteiger partial charge in [-0.05, 0) is 74.9 Å². The molecular formula is C26H22F4N4O2. The van der Waals surface area contributed by atoms with Crippen molar-refractivity contribution in [2.24, 2.45) is 0 Å². The van der Waals surface area contributed by atoms with Gasteiger partial charge in [-0.1, -0.05) is 18.2 Å². The Bertz CT molecular complexity index is 1400. The number of nitrogens with zero attached hydrogens (tertiary/aromatic N) is 3. The lowest BCUT2D eigenvalue weighted by atomic mass is 10.0. The third kappa shape index (κ3) is 5.54. The summed E-state index contributed by atoms with van der Waals surface area (Å²) in [7, 11) is 0. The number of rotatable bonds is 6. The molecule has 0 fully saturated rings. The van der Waals surface area contributed by atoms with Gasteiger partial charge in [-0.25, -0.2) is 9.07 Å². The van der Waals surface area contributed by atoms with Crippen molar-refractivity contribution in [2.45, 2.75) is 33.1 Å². The predicted molar refractivity (Wildman–Crippen MR) is 127 cm³/mol. The van der Waals surface area contributed by atoms with Gasteiger partial charge in [0.1, 0.15) is 5.82 Å². The fraction of sp³-hybridized carbons (Fsp3) is 0.192. The predicted octanol–water partition coefficient (Wildman–Crippen LogP) is 6.44. The molecular weight excluding hydrogens is 476 g/mol. The van der Waals surface area contributed by atoms with Gasteiger partial charge in [0.15, 0.2) is 5.82 Å².